The van der Waals surface area contributed by atoms with Crippen LogP contribution in [0.15, 0.2) is 6.20 Å². The van der Waals surface area contributed by atoms with Gasteiger partial charge in [0.05, 0.1) is 11.5 Å². The van der Waals surface area contributed by atoms with E-state index in [4.69, 9.17) is 5.11 Å². The fourth-order valence-electron chi connectivity index (χ4n) is 1.09. The van der Waals surface area contributed by atoms with Gasteiger partial charge in [0.25, 0.3) is 0 Å². The van der Waals surface area contributed by atoms with E-state index in [0.29, 0.717) is 12.2 Å². The molecule has 2 N–H and O–H groups in total. The van der Waals surface area contributed by atoms with Gasteiger partial charge in [-0.15, -0.1) is 0 Å². The van der Waals surface area contributed by atoms with E-state index in [2.05, 4.69) is 10.4 Å². The van der Waals surface area contributed by atoms with E-state index in [0.717, 1.165) is 0 Å². The zero-order valence-corrected chi connectivity index (χ0v) is 7.80. The van der Waals surface area contributed by atoms with Crippen molar-refractivity contribution in [2.75, 3.05) is 13.2 Å². The Morgan fingerprint density at radius 1 is 1.79 bits per heavy atom. The highest BCUT2D eigenvalue weighted by Crippen LogP contribution is 2.15. The molecule has 0 aliphatic carbocycles. The molecule has 0 aliphatic heterocycles. The minimum absolute atomic E-state index is 0.000626. The molecule has 0 amide bonds. The van der Waals surface area contributed by atoms with Gasteiger partial charge in [-0.2, -0.15) is 5.10 Å². The van der Waals surface area contributed by atoms with Gasteiger partial charge in [0.15, 0.2) is 5.69 Å². The highest BCUT2D eigenvalue weighted by molar-refractivity contribution is 5.32. The summed E-state index contributed by atoms with van der Waals surface area (Å²) in [5.41, 5.74) is 0.379. The number of nitro groups is 1. The van der Waals surface area contributed by atoms with Crippen LogP contribution in [0.4, 0.5) is 5.69 Å². The number of aryl methyl sites for hydroxylation is 1. The molecule has 0 saturated heterocycles. The van der Waals surface area contributed by atoms with E-state index in [9.17, 15) is 10.1 Å². The van der Waals surface area contributed by atoms with Crippen LogP contribution >= 0.6 is 0 Å². The first-order chi connectivity index (χ1) is 6.65. The standard InChI is InChI=1S/C7H12N4O3/c1-10-5-7(11(13)14)6(9-10)4-8-2-3-12/h5,8,12H,2-4H2,1H3. The third-order valence-corrected chi connectivity index (χ3v) is 1.66. The predicted octanol–water partition coefficient (Wildman–Crippen LogP) is -0.590. The van der Waals surface area contributed by atoms with Crippen molar-refractivity contribution in [3.05, 3.63) is 22.0 Å². The Bertz CT molecular complexity index is 323. The second-order valence-corrected chi connectivity index (χ2v) is 2.79. The van der Waals surface area contributed by atoms with Gasteiger partial charge in [0.2, 0.25) is 0 Å². The van der Waals surface area contributed by atoms with Crippen molar-refractivity contribution in [2.24, 2.45) is 7.05 Å². The summed E-state index contributed by atoms with van der Waals surface area (Å²) < 4.78 is 1.40. The smallest absolute Gasteiger partial charge is 0.311 e. The van der Waals surface area contributed by atoms with Gasteiger partial charge in [0.1, 0.15) is 6.20 Å². The highest BCUT2D eigenvalue weighted by atomic mass is 16.6. The lowest BCUT2D eigenvalue weighted by atomic mass is 10.4. The molecule has 0 spiro atoms. The van der Waals surface area contributed by atoms with Crippen molar-refractivity contribution in [2.45, 2.75) is 6.54 Å². The lowest BCUT2D eigenvalue weighted by Crippen LogP contribution is -2.18. The molecule has 1 aromatic heterocycles. The maximum atomic E-state index is 10.5. The Hall–Kier alpha value is -1.47. The van der Waals surface area contributed by atoms with Crippen LogP contribution in [0.25, 0.3) is 0 Å². The number of aliphatic hydroxyl groups is 1. The Morgan fingerprint density at radius 3 is 3.07 bits per heavy atom. The number of nitrogens with zero attached hydrogens (tertiary/aromatic N) is 3. The molecule has 0 unspecified atom stereocenters. The third kappa shape index (κ3) is 2.51. The van der Waals surface area contributed by atoms with Gasteiger partial charge in [-0.3, -0.25) is 14.8 Å². The fraction of sp³-hybridized carbons (Fsp3) is 0.571. The summed E-state index contributed by atoms with van der Waals surface area (Å²) in [6, 6.07) is 0. The first kappa shape index (κ1) is 10.6. The molecule has 0 bridgehead atoms. The summed E-state index contributed by atoms with van der Waals surface area (Å²) >= 11 is 0. The number of rotatable bonds is 5. The van der Waals surface area contributed by atoms with E-state index >= 15 is 0 Å². The summed E-state index contributed by atoms with van der Waals surface area (Å²) in [6.45, 7) is 0.687. The molecule has 7 heteroatoms. The molecule has 0 aromatic carbocycles. The minimum Gasteiger partial charge on any atom is -0.395 e. The quantitative estimate of drug-likeness (QED) is 0.376. The number of nitrogens with one attached hydrogen (secondary N) is 1. The van der Waals surface area contributed by atoms with Crippen LogP contribution in [-0.4, -0.2) is 33.0 Å². The SMILES string of the molecule is Cn1cc([N+](=O)[O-])c(CNCCO)n1. The van der Waals surface area contributed by atoms with Crippen LogP contribution in [0.5, 0.6) is 0 Å². The zero-order chi connectivity index (χ0) is 10.6. The van der Waals surface area contributed by atoms with Crippen molar-refractivity contribution in [3.63, 3.8) is 0 Å². The molecule has 1 rings (SSSR count). The molecule has 0 aliphatic rings. The largest absolute Gasteiger partial charge is 0.395 e. The predicted molar refractivity (Wildman–Crippen MR) is 48.7 cm³/mol. The number of aromatic nitrogens is 2. The van der Waals surface area contributed by atoms with E-state index in [1.54, 1.807) is 7.05 Å². The van der Waals surface area contributed by atoms with Gasteiger partial charge in [-0.25, -0.2) is 0 Å². The molecule has 1 heterocycles. The first-order valence-corrected chi connectivity index (χ1v) is 4.13. The second-order valence-electron chi connectivity index (χ2n) is 2.79. The van der Waals surface area contributed by atoms with Crippen molar-refractivity contribution < 1.29 is 10.0 Å². The van der Waals surface area contributed by atoms with E-state index in [-0.39, 0.29) is 18.8 Å². The van der Waals surface area contributed by atoms with Gasteiger partial charge in [-0.1, -0.05) is 0 Å². The number of hydrogen-bond donors (Lipinski definition) is 2. The fourth-order valence-corrected chi connectivity index (χ4v) is 1.09. The Labute approximate surface area is 80.5 Å². The van der Waals surface area contributed by atoms with E-state index < -0.39 is 4.92 Å². The average Bonchev–Trinajstić information content (AvgIpc) is 2.47. The van der Waals surface area contributed by atoms with Crippen LogP contribution in [0.1, 0.15) is 5.69 Å². The van der Waals surface area contributed by atoms with Crippen LogP contribution in [-0.2, 0) is 13.6 Å². The Balaban J connectivity index is 2.69. The lowest BCUT2D eigenvalue weighted by molar-refractivity contribution is -0.385. The average molecular weight is 200 g/mol. The molecule has 78 valence electrons. The molecule has 0 saturated carbocycles. The van der Waals surface area contributed by atoms with Crippen LogP contribution in [0.2, 0.25) is 0 Å². The molecular formula is C7H12N4O3. The molecule has 0 radical (unpaired) electrons. The minimum atomic E-state index is -0.469. The molecule has 0 fully saturated rings. The normalized spacial score (nSPS) is 10.4. The molecule has 0 atom stereocenters. The first-order valence-electron chi connectivity index (χ1n) is 4.13. The molecular weight excluding hydrogens is 188 g/mol. The summed E-state index contributed by atoms with van der Waals surface area (Å²) in [7, 11) is 1.63. The Morgan fingerprint density at radius 2 is 2.50 bits per heavy atom. The van der Waals surface area contributed by atoms with Crippen LogP contribution < -0.4 is 5.32 Å². The van der Waals surface area contributed by atoms with Crippen molar-refractivity contribution in [1.29, 1.82) is 0 Å². The van der Waals surface area contributed by atoms with E-state index in [1.165, 1.54) is 10.9 Å². The van der Waals surface area contributed by atoms with Crippen molar-refractivity contribution in [3.8, 4) is 0 Å². The maximum absolute atomic E-state index is 10.5. The monoisotopic (exact) mass is 200 g/mol. The van der Waals surface area contributed by atoms with Gasteiger partial charge in [0, 0.05) is 20.1 Å². The molecule has 1 aromatic rings. The summed E-state index contributed by atoms with van der Waals surface area (Å²) in [4.78, 5) is 10.1. The Kier molecular flexibility index (Phi) is 3.55. The summed E-state index contributed by atoms with van der Waals surface area (Å²) in [5, 5.41) is 25.8. The zero-order valence-electron chi connectivity index (χ0n) is 7.80. The third-order valence-electron chi connectivity index (χ3n) is 1.66. The molecule has 7 nitrogen and oxygen atoms in total. The highest BCUT2D eigenvalue weighted by Gasteiger charge is 2.17. The van der Waals surface area contributed by atoms with Crippen molar-refractivity contribution >= 4 is 5.69 Å². The van der Waals surface area contributed by atoms with Gasteiger partial charge < -0.3 is 10.4 Å². The van der Waals surface area contributed by atoms with Gasteiger partial charge >= 0.3 is 5.69 Å². The van der Waals surface area contributed by atoms with Gasteiger partial charge in [-0.05, 0) is 0 Å². The van der Waals surface area contributed by atoms with E-state index in [1.807, 2.05) is 0 Å². The second kappa shape index (κ2) is 4.68. The van der Waals surface area contributed by atoms with Crippen molar-refractivity contribution in [1.82, 2.24) is 15.1 Å². The van der Waals surface area contributed by atoms with Crippen LogP contribution in [0, 0.1) is 10.1 Å². The maximum Gasteiger partial charge on any atom is 0.311 e. The summed E-state index contributed by atoms with van der Waals surface area (Å²) in [6.07, 6.45) is 1.36. The lowest BCUT2D eigenvalue weighted by Gasteiger charge is -1.97. The number of hydrogen-bond acceptors (Lipinski definition) is 5. The summed E-state index contributed by atoms with van der Waals surface area (Å²) in [5.74, 6) is 0. The topological polar surface area (TPSA) is 93.2 Å². The number of aliphatic hydroxyl groups excluding tert-OH is 1. The van der Waals surface area contributed by atoms with Crippen LogP contribution in [0.3, 0.4) is 0 Å². The molecule has 14 heavy (non-hydrogen) atoms.